The Hall–Kier alpha value is 0.160. The average Bonchev–Trinajstić information content (AvgIpc) is 2.17. The first-order valence-corrected chi connectivity index (χ1v) is 8.66. The second kappa shape index (κ2) is 6.79. The molecule has 0 aliphatic carbocycles. The summed E-state index contributed by atoms with van der Waals surface area (Å²) in [6.07, 6.45) is 3.37. The molecule has 0 bridgehead atoms. The van der Waals surface area contributed by atoms with Crippen LogP contribution in [0, 0.1) is 5.92 Å². The monoisotopic (exact) mass is 341 g/mol. The number of halogens is 1. The molecule has 16 heavy (non-hydrogen) atoms. The van der Waals surface area contributed by atoms with Crippen molar-refractivity contribution < 1.29 is 33.7 Å². The van der Waals surface area contributed by atoms with Crippen LogP contribution in [-0.4, -0.2) is 39.8 Å². The summed E-state index contributed by atoms with van der Waals surface area (Å²) in [6.45, 7) is 7.37. The van der Waals surface area contributed by atoms with Gasteiger partial charge >= 0.3 is 110 Å². The van der Waals surface area contributed by atoms with Crippen LogP contribution in [0.5, 0.6) is 0 Å². The quantitative estimate of drug-likeness (QED) is 0.272. The molecular weight excluding hydrogens is 317 g/mol. The summed E-state index contributed by atoms with van der Waals surface area (Å²) in [5, 5.41) is 0. The molecule has 0 spiro atoms. The molecule has 0 N–H and O–H groups in total. The number of hydrogen-bond acceptors (Lipinski definition) is 2. The predicted molar refractivity (Wildman–Crippen MR) is 60.4 cm³/mol. The molecule has 96 valence electrons. The van der Waals surface area contributed by atoms with Gasteiger partial charge in [0, 0.05) is 0 Å². The van der Waals surface area contributed by atoms with Gasteiger partial charge in [-0.3, -0.25) is 0 Å². The van der Waals surface area contributed by atoms with Gasteiger partial charge in [-0.25, -0.2) is 0 Å². The van der Waals surface area contributed by atoms with Crippen molar-refractivity contribution in [1.29, 1.82) is 0 Å². The van der Waals surface area contributed by atoms with Gasteiger partial charge in [-0.2, -0.15) is 0 Å². The van der Waals surface area contributed by atoms with Crippen molar-refractivity contribution in [3.05, 3.63) is 0 Å². The van der Waals surface area contributed by atoms with Crippen LogP contribution >= 0.6 is 0 Å². The van der Waals surface area contributed by atoms with Crippen molar-refractivity contribution >= 4 is 5.97 Å². The molecule has 0 aromatic rings. The van der Waals surface area contributed by atoms with Gasteiger partial charge in [0.15, 0.2) is 0 Å². The minimum absolute atomic E-state index is 0.0149. The third kappa shape index (κ3) is 4.99. The summed E-state index contributed by atoms with van der Waals surface area (Å²) in [4.78, 5) is 11.2. The molecular formula is C12H24INO2. The molecule has 0 aromatic carbocycles. The van der Waals surface area contributed by atoms with Crippen molar-refractivity contribution in [3.63, 3.8) is 0 Å². The van der Waals surface area contributed by atoms with E-state index < -0.39 is 0 Å². The number of alkyl halides is 1. The molecule has 4 heteroatoms. The summed E-state index contributed by atoms with van der Waals surface area (Å²) in [5.74, 6) is 0.847. The standard InChI is InChI=1S/C12H24INO2/c1-4-16-12(15)7-8-13-14(3)9-5-6-11(2)10-14/h11H,4-10H2,1-3H3. The van der Waals surface area contributed by atoms with E-state index in [1.54, 1.807) is 0 Å². The summed E-state index contributed by atoms with van der Waals surface area (Å²) in [7, 11) is 2.37. The second-order valence-electron chi connectivity index (χ2n) is 4.78. The van der Waals surface area contributed by atoms with Crippen LogP contribution in [0.2, 0.25) is 0 Å². The van der Waals surface area contributed by atoms with E-state index in [4.69, 9.17) is 4.74 Å². The molecule has 3 nitrogen and oxygen atoms in total. The molecule has 1 aliphatic rings. The number of quaternary nitrogens is 1. The molecule has 0 aromatic heterocycles. The van der Waals surface area contributed by atoms with Crippen molar-refractivity contribution in [1.82, 2.24) is 0 Å². The Balaban J connectivity index is 2.22. The first-order chi connectivity index (χ1) is 7.56. The van der Waals surface area contributed by atoms with Crippen LogP contribution < -0.4 is 21.5 Å². The third-order valence-electron chi connectivity index (χ3n) is 2.99. The van der Waals surface area contributed by atoms with Gasteiger partial charge in [0.25, 0.3) is 0 Å². The molecule has 1 heterocycles. The number of carbonyl (C=O) groups is 1. The molecule has 1 saturated heterocycles. The van der Waals surface area contributed by atoms with E-state index in [0.717, 1.165) is 10.3 Å². The molecule has 2 atom stereocenters. The normalized spacial score (nSPS) is 30.3. The van der Waals surface area contributed by atoms with Crippen molar-refractivity contribution in [2.24, 2.45) is 5.92 Å². The zero-order valence-electron chi connectivity index (χ0n) is 10.7. The van der Waals surface area contributed by atoms with E-state index in [9.17, 15) is 4.79 Å². The zero-order valence-corrected chi connectivity index (χ0v) is 12.8. The molecule has 0 radical (unpaired) electrons. The summed E-state index contributed by atoms with van der Waals surface area (Å²) < 4.78 is 7.28. The fraction of sp³-hybridized carbons (Fsp3) is 0.917. The fourth-order valence-electron chi connectivity index (χ4n) is 2.27. The Morgan fingerprint density at radius 1 is 1.56 bits per heavy atom. The van der Waals surface area contributed by atoms with E-state index in [1.807, 2.05) is 6.92 Å². The fourth-order valence-corrected chi connectivity index (χ4v) is 5.75. The van der Waals surface area contributed by atoms with Crippen molar-refractivity contribution in [3.8, 4) is 0 Å². The van der Waals surface area contributed by atoms with E-state index in [-0.39, 0.29) is 27.4 Å². The first kappa shape index (κ1) is 14.2. The number of esters is 1. The number of carbonyl (C=O) groups excluding carboxylic acids is 1. The molecule has 1 aliphatic heterocycles. The van der Waals surface area contributed by atoms with E-state index in [0.29, 0.717) is 13.0 Å². The van der Waals surface area contributed by atoms with E-state index >= 15 is 0 Å². The first-order valence-electron chi connectivity index (χ1n) is 6.17. The topological polar surface area (TPSA) is 26.3 Å². The Labute approximate surface area is 110 Å². The number of likely N-dealkylation sites (tertiary alicyclic amines) is 1. The van der Waals surface area contributed by atoms with Crippen LogP contribution in [0.4, 0.5) is 0 Å². The Kier molecular flexibility index (Phi) is 6.03. The van der Waals surface area contributed by atoms with Gasteiger partial charge in [-0.05, 0) is 0 Å². The van der Waals surface area contributed by atoms with Gasteiger partial charge < -0.3 is 0 Å². The maximum absolute atomic E-state index is 11.2. The Morgan fingerprint density at radius 2 is 2.31 bits per heavy atom. The minimum atomic E-state index is -0.0149. The van der Waals surface area contributed by atoms with Gasteiger partial charge in [-0.15, -0.1) is 0 Å². The predicted octanol–water partition coefficient (Wildman–Crippen LogP) is -1.18. The third-order valence-corrected chi connectivity index (χ3v) is 6.54. The molecule has 0 amide bonds. The number of ether oxygens (including phenoxy) is 1. The summed E-state index contributed by atoms with van der Waals surface area (Å²) in [5.41, 5.74) is 0. The Morgan fingerprint density at radius 3 is 2.94 bits per heavy atom. The number of rotatable bonds is 5. The second-order valence-corrected chi connectivity index (χ2v) is 8.87. The maximum atomic E-state index is 11.2. The van der Waals surface area contributed by atoms with Gasteiger partial charge in [0.05, 0.1) is 0 Å². The van der Waals surface area contributed by atoms with Crippen LogP contribution in [0.25, 0.3) is 0 Å². The van der Waals surface area contributed by atoms with Gasteiger partial charge in [0.2, 0.25) is 0 Å². The molecule has 2 unspecified atom stereocenters. The van der Waals surface area contributed by atoms with E-state index in [1.165, 1.54) is 28.6 Å². The van der Waals surface area contributed by atoms with Crippen LogP contribution in [-0.2, 0) is 9.53 Å². The van der Waals surface area contributed by atoms with Crippen molar-refractivity contribution in [2.75, 3.05) is 31.2 Å². The molecule has 0 saturated carbocycles. The number of hydrogen-bond donors (Lipinski definition) is 0. The van der Waals surface area contributed by atoms with Gasteiger partial charge in [0.1, 0.15) is 0 Å². The van der Waals surface area contributed by atoms with Gasteiger partial charge in [-0.1, -0.05) is 0 Å². The van der Waals surface area contributed by atoms with Crippen molar-refractivity contribution in [2.45, 2.75) is 33.1 Å². The molecule has 1 rings (SSSR count). The summed E-state index contributed by atoms with van der Waals surface area (Å²) in [6, 6.07) is 0. The number of piperidine rings is 1. The number of nitrogens with zero attached hydrogens (tertiary/aromatic N) is 1. The average molecular weight is 341 g/mol. The Bertz CT molecular complexity index is 235. The summed E-state index contributed by atoms with van der Waals surface area (Å²) >= 11 is 0.0846. The zero-order chi connectivity index (χ0) is 12.0. The SMILES string of the molecule is CCOC(=O)CC[I-][N+]1(C)CCCC(C)C1. The molecule has 1 fully saturated rings. The van der Waals surface area contributed by atoms with Crippen LogP contribution in [0.1, 0.15) is 33.1 Å². The van der Waals surface area contributed by atoms with Crippen LogP contribution in [0.15, 0.2) is 0 Å². The van der Waals surface area contributed by atoms with Crippen LogP contribution in [0.3, 0.4) is 0 Å². The van der Waals surface area contributed by atoms with E-state index in [2.05, 4.69) is 14.0 Å².